The molecule has 6 N–H and O–H groups in total. The van der Waals surface area contributed by atoms with E-state index in [4.69, 9.17) is 21.7 Å². The third-order valence-corrected chi connectivity index (χ3v) is 3.76. The Morgan fingerprint density at radius 3 is 1.31 bits per heavy atom. The van der Waals surface area contributed by atoms with Crippen LogP contribution in [-0.4, -0.2) is 35.2 Å². The van der Waals surface area contributed by atoms with E-state index in [0.29, 0.717) is 11.1 Å². The van der Waals surface area contributed by atoms with Gasteiger partial charge in [-0.2, -0.15) is 0 Å². The van der Waals surface area contributed by atoms with Gasteiger partial charge in [0.25, 0.3) is 0 Å². The zero-order chi connectivity index (χ0) is 19.4. The second-order valence-electron chi connectivity index (χ2n) is 5.69. The second-order valence-corrected chi connectivity index (χ2v) is 5.69. The van der Waals surface area contributed by atoms with Crippen molar-refractivity contribution >= 4 is 11.9 Å². The summed E-state index contributed by atoms with van der Waals surface area (Å²) in [7, 11) is 0. The van der Waals surface area contributed by atoms with Gasteiger partial charge in [0.15, 0.2) is 0 Å². The largest absolute Gasteiger partial charge is 0.478 e. The topological polar surface area (TPSA) is 127 Å². The maximum absolute atomic E-state index is 11.1. The van der Waals surface area contributed by atoms with Gasteiger partial charge in [0, 0.05) is 0 Å². The van der Waals surface area contributed by atoms with Crippen molar-refractivity contribution in [1.82, 2.24) is 0 Å². The molecule has 26 heavy (non-hydrogen) atoms. The van der Waals surface area contributed by atoms with Gasteiger partial charge in [0.2, 0.25) is 0 Å². The predicted molar refractivity (Wildman–Crippen MR) is 102 cm³/mol. The minimum Gasteiger partial charge on any atom is -0.478 e. The molecule has 0 spiro atoms. The molecule has 0 heterocycles. The van der Waals surface area contributed by atoms with Gasteiger partial charge in [-0.05, 0) is 49.2 Å². The molecule has 0 aliphatic carbocycles. The Morgan fingerprint density at radius 2 is 1.00 bits per heavy atom. The Hall–Kier alpha value is -2.70. The minimum absolute atomic E-state index is 0.0891. The average Bonchev–Trinajstić information content (AvgIpc) is 2.66. The normalized spacial score (nSPS) is 9.92. The summed E-state index contributed by atoms with van der Waals surface area (Å²) in [5, 5.41) is 18.2. The van der Waals surface area contributed by atoms with Gasteiger partial charge in [-0.15, -0.1) is 0 Å². The molecule has 6 heteroatoms. The Kier molecular flexibility index (Phi) is 9.67. The van der Waals surface area contributed by atoms with Gasteiger partial charge in [0.05, 0.1) is 11.1 Å². The number of hydrogen-bond acceptors (Lipinski definition) is 4. The first-order valence-electron chi connectivity index (χ1n) is 8.58. The molecule has 0 aliphatic heterocycles. The first-order chi connectivity index (χ1) is 12.5. The number of benzene rings is 2. The molecular weight excluding hydrogens is 332 g/mol. The molecule has 2 aromatic carbocycles. The Bertz CT molecular complexity index is 655. The maximum Gasteiger partial charge on any atom is 0.336 e. The molecule has 6 nitrogen and oxygen atoms in total. The van der Waals surface area contributed by atoms with Crippen molar-refractivity contribution < 1.29 is 19.8 Å². The molecule has 0 atom stereocenters. The van der Waals surface area contributed by atoms with Gasteiger partial charge in [-0.1, -0.05) is 49.2 Å². The van der Waals surface area contributed by atoms with E-state index in [9.17, 15) is 9.59 Å². The van der Waals surface area contributed by atoms with Gasteiger partial charge in [-0.25, -0.2) is 9.59 Å². The molecule has 2 rings (SSSR count). The van der Waals surface area contributed by atoms with Crippen molar-refractivity contribution in [3.63, 3.8) is 0 Å². The summed E-state index contributed by atoms with van der Waals surface area (Å²) in [5.74, 6) is -2.16. The number of carboxylic acids is 2. The van der Waals surface area contributed by atoms with Crippen LogP contribution in [0.15, 0.2) is 48.5 Å². The van der Waals surface area contributed by atoms with Crippen LogP contribution in [0.25, 0.3) is 11.1 Å². The highest BCUT2D eigenvalue weighted by atomic mass is 16.4. The Labute approximate surface area is 153 Å². The van der Waals surface area contributed by atoms with E-state index in [1.54, 1.807) is 36.4 Å². The third-order valence-electron chi connectivity index (χ3n) is 3.76. The smallest absolute Gasteiger partial charge is 0.336 e. The van der Waals surface area contributed by atoms with Crippen LogP contribution in [0.1, 0.15) is 46.4 Å². The number of hydrogen-bond donors (Lipinski definition) is 4. The van der Waals surface area contributed by atoms with E-state index >= 15 is 0 Å². The maximum atomic E-state index is 11.1. The van der Waals surface area contributed by atoms with Crippen LogP contribution >= 0.6 is 0 Å². The number of aromatic carboxylic acids is 2. The first-order valence-corrected chi connectivity index (χ1v) is 8.58. The Morgan fingerprint density at radius 1 is 0.654 bits per heavy atom. The van der Waals surface area contributed by atoms with Crippen LogP contribution in [0.3, 0.4) is 0 Å². The van der Waals surface area contributed by atoms with E-state index in [1.165, 1.54) is 25.0 Å². The summed E-state index contributed by atoms with van der Waals surface area (Å²) in [6.07, 6.45) is 4.79. The van der Waals surface area contributed by atoms with Gasteiger partial charge >= 0.3 is 11.9 Å². The molecule has 0 saturated carbocycles. The quantitative estimate of drug-likeness (QED) is 0.537. The van der Waals surface area contributed by atoms with Gasteiger partial charge in [-0.3, -0.25) is 0 Å². The molecule has 0 radical (unpaired) electrons. The first kappa shape index (κ1) is 21.3. The lowest BCUT2D eigenvalue weighted by atomic mass is 9.95. The standard InChI is InChI=1S/C14H10O4.C6H16N2/c15-13(16)11-7-3-1-5-9(11)10-6-2-4-8-12(10)14(17)18;7-5-3-1-2-4-6-8/h1-8H,(H,15,16)(H,17,18);1-8H2. The fourth-order valence-electron chi connectivity index (χ4n) is 2.45. The van der Waals surface area contributed by atoms with Crippen molar-refractivity contribution in [1.29, 1.82) is 0 Å². The lowest BCUT2D eigenvalue weighted by Gasteiger charge is -2.08. The SMILES string of the molecule is NCCCCCCN.O=C(O)c1ccccc1-c1ccccc1C(=O)O. The lowest BCUT2D eigenvalue weighted by molar-refractivity contribution is 0.0684. The molecule has 140 valence electrons. The van der Waals surface area contributed by atoms with Gasteiger partial charge < -0.3 is 21.7 Å². The van der Waals surface area contributed by atoms with Crippen molar-refractivity contribution in [2.24, 2.45) is 11.5 Å². The minimum atomic E-state index is -1.08. The summed E-state index contributed by atoms with van der Waals surface area (Å²) >= 11 is 0. The van der Waals surface area contributed by atoms with E-state index in [0.717, 1.165) is 25.9 Å². The highest BCUT2D eigenvalue weighted by molar-refractivity contribution is 6.02. The number of carboxylic acid groups (broad SMARTS) is 2. The summed E-state index contributed by atoms with van der Waals surface area (Å²) < 4.78 is 0. The van der Waals surface area contributed by atoms with Crippen LogP contribution in [-0.2, 0) is 0 Å². The predicted octanol–water partition coefficient (Wildman–Crippen LogP) is 3.21. The molecule has 0 unspecified atom stereocenters. The van der Waals surface area contributed by atoms with Gasteiger partial charge in [0.1, 0.15) is 0 Å². The van der Waals surface area contributed by atoms with Crippen LogP contribution in [0, 0.1) is 0 Å². The monoisotopic (exact) mass is 358 g/mol. The fourth-order valence-corrected chi connectivity index (χ4v) is 2.45. The number of rotatable bonds is 8. The number of unbranched alkanes of at least 4 members (excludes halogenated alkanes) is 3. The highest BCUT2D eigenvalue weighted by Crippen LogP contribution is 2.27. The Balaban J connectivity index is 0.000000359. The molecule has 0 amide bonds. The molecule has 0 aromatic heterocycles. The number of nitrogens with two attached hydrogens (primary N) is 2. The fraction of sp³-hybridized carbons (Fsp3) is 0.300. The zero-order valence-corrected chi connectivity index (χ0v) is 14.7. The van der Waals surface area contributed by atoms with E-state index in [2.05, 4.69) is 0 Å². The highest BCUT2D eigenvalue weighted by Gasteiger charge is 2.16. The van der Waals surface area contributed by atoms with Crippen molar-refractivity contribution in [3.8, 4) is 11.1 Å². The van der Waals surface area contributed by atoms with E-state index in [-0.39, 0.29) is 11.1 Å². The molecule has 0 fully saturated rings. The molecule has 0 bridgehead atoms. The summed E-state index contributed by atoms with van der Waals surface area (Å²) in [5.41, 5.74) is 11.5. The summed E-state index contributed by atoms with van der Waals surface area (Å²) in [6.45, 7) is 1.65. The van der Waals surface area contributed by atoms with E-state index in [1.807, 2.05) is 0 Å². The lowest BCUT2D eigenvalue weighted by Crippen LogP contribution is -2.03. The summed E-state index contributed by atoms with van der Waals surface area (Å²) in [4.78, 5) is 22.3. The third kappa shape index (κ3) is 6.66. The summed E-state index contributed by atoms with van der Waals surface area (Å²) in [6, 6.07) is 12.7. The van der Waals surface area contributed by atoms with E-state index < -0.39 is 11.9 Å². The van der Waals surface area contributed by atoms with Crippen molar-refractivity contribution in [3.05, 3.63) is 59.7 Å². The van der Waals surface area contributed by atoms with Crippen LogP contribution in [0.5, 0.6) is 0 Å². The van der Waals surface area contributed by atoms with Crippen LogP contribution in [0.4, 0.5) is 0 Å². The number of carbonyl (C=O) groups is 2. The molecular formula is C20H26N2O4. The van der Waals surface area contributed by atoms with Crippen LogP contribution < -0.4 is 11.5 Å². The van der Waals surface area contributed by atoms with Crippen LogP contribution in [0.2, 0.25) is 0 Å². The molecule has 0 saturated heterocycles. The molecule has 2 aromatic rings. The zero-order valence-electron chi connectivity index (χ0n) is 14.7. The van der Waals surface area contributed by atoms with Crippen molar-refractivity contribution in [2.45, 2.75) is 25.7 Å². The van der Waals surface area contributed by atoms with Crippen molar-refractivity contribution in [2.75, 3.05) is 13.1 Å². The molecule has 0 aliphatic rings. The second kappa shape index (κ2) is 11.8. The average molecular weight is 358 g/mol.